The standard InChI is InChI=1S/C14H11N3O/c1-10(18)12-7-8-17-13(9-12)15-16-14(17)11-5-3-2-4-6-11/h2-9H,1H3. The average Bonchev–Trinajstić information content (AvgIpc) is 2.82. The number of hydrogen-bond donors (Lipinski definition) is 0. The van der Waals surface area contributed by atoms with Crippen LogP contribution in [0.15, 0.2) is 48.7 Å². The highest BCUT2D eigenvalue weighted by atomic mass is 16.1. The van der Waals surface area contributed by atoms with Crippen molar-refractivity contribution in [2.24, 2.45) is 0 Å². The Morgan fingerprint density at radius 1 is 1.11 bits per heavy atom. The number of ketones is 1. The quantitative estimate of drug-likeness (QED) is 0.643. The van der Waals surface area contributed by atoms with E-state index in [9.17, 15) is 4.79 Å². The largest absolute Gasteiger partial charge is 0.295 e. The van der Waals surface area contributed by atoms with Crippen molar-refractivity contribution in [2.75, 3.05) is 0 Å². The van der Waals surface area contributed by atoms with Gasteiger partial charge in [0.1, 0.15) is 0 Å². The highest BCUT2D eigenvalue weighted by Gasteiger charge is 2.09. The average molecular weight is 237 g/mol. The molecule has 0 saturated carbocycles. The number of nitrogens with zero attached hydrogens (tertiary/aromatic N) is 3. The molecule has 2 heterocycles. The Balaban J connectivity index is 2.19. The van der Waals surface area contributed by atoms with E-state index in [1.165, 1.54) is 0 Å². The number of hydrogen-bond acceptors (Lipinski definition) is 3. The molecule has 0 aliphatic rings. The first-order chi connectivity index (χ1) is 8.75. The molecule has 4 heteroatoms. The number of Topliss-reactive ketones (excluding diaryl/α,β-unsaturated/α-hetero) is 1. The SMILES string of the molecule is CC(=O)c1ccn2c(-c3ccccc3)nnc2c1. The van der Waals surface area contributed by atoms with Gasteiger partial charge in [-0.25, -0.2) is 0 Å². The van der Waals surface area contributed by atoms with Crippen LogP contribution in [0.25, 0.3) is 17.0 Å². The van der Waals surface area contributed by atoms with Crippen LogP contribution in [-0.4, -0.2) is 20.4 Å². The van der Waals surface area contributed by atoms with Gasteiger partial charge in [-0.3, -0.25) is 9.20 Å². The Hall–Kier alpha value is -2.49. The fourth-order valence-electron chi connectivity index (χ4n) is 1.89. The first-order valence-corrected chi connectivity index (χ1v) is 5.67. The third-order valence-corrected chi connectivity index (χ3v) is 2.85. The zero-order valence-corrected chi connectivity index (χ0v) is 9.87. The normalized spacial score (nSPS) is 10.7. The third-order valence-electron chi connectivity index (χ3n) is 2.85. The van der Waals surface area contributed by atoms with E-state index in [1.807, 2.05) is 40.9 Å². The molecule has 0 bridgehead atoms. The third kappa shape index (κ3) is 1.68. The van der Waals surface area contributed by atoms with Gasteiger partial charge in [-0.05, 0) is 19.1 Å². The van der Waals surface area contributed by atoms with E-state index in [2.05, 4.69) is 10.2 Å². The Labute approximate surface area is 104 Å². The molecule has 0 unspecified atom stereocenters. The van der Waals surface area contributed by atoms with Crippen LogP contribution in [0.3, 0.4) is 0 Å². The van der Waals surface area contributed by atoms with Crippen LogP contribution in [0.4, 0.5) is 0 Å². The maximum atomic E-state index is 11.3. The molecule has 0 saturated heterocycles. The summed E-state index contributed by atoms with van der Waals surface area (Å²) in [5, 5.41) is 8.27. The smallest absolute Gasteiger partial charge is 0.168 e. The van der Waals surface area contributed by atoms with Crippen molar-refractivity contribution in [1.82, 2.24) is 14.6 Å². The fourth-order valence-corrected chi connectivity index (χ4v) is 1.89. The Morgan fingerprint density at radius 3 is 2.61 bits per heavy atom. The zero-order chi connectivity index (χ0) is 12.5. The van der Waals surface area contributed by atoms with E-state index in [1.54, 1.807) is 19.1 Å². The fraction of sp³-hybridized carbons (Fsp3) is 0.0714. The second-order valence-electron chi connectivity index (χ2n) is 4.09. The van der Waals surface area contributed by atoms with Crippen LogP contribution in [0.2, 0.25) is 0 Å². The van der Waals surface area contributed by atoms with Crippen LogP contribution in [-0.2, 0) is 0 Å². The Morgan fingerprint density at radius 2 is 1.89 bits per heavy atom. The summed E-state index contributed by atoms with van der Waals surface area (Å²) in [6, 6.07) is 13.4. The lowest BCUT2D eigenvalue weighted by Gasteiger charge is -2.00. The summed E-state index contributed by atoms with van der Waals surface area (Å²) in [6.45, 7) is 1.54. The molecule has 0 fully saturated rings. The lowest BCUT2D eigenvalue weighted by Crippen LogP contribution is -1.95. The first kappa shape index (κ1) is 10.7. The van der Waals surface area contributed by atoms with E-state index in [4.69, 9.17) is 0 Å². The van der Waals surface area contributed by atoms with Gasteiger partial charge in [-0.15, -0.1) is 10.2 Å². The minimum atomic E-state index is 0.0294. The van der Waals surface area contributed by atoms with Gasteiger partial charge >= 0.3 is 0 Å². The molecular formula is C14H11N3O. The number of benzene rings is 1. The summed E-state index contributed by atoms with van der Waals surface area (Å²) >= 11 is 0. The minimum Gasteiger partial charge on any atom is -0.295 e. The van der Waals surface area contributed by atoms with Gasteiger partial charge < -0.3 is 0 Å². The van der Waals surface area contributed by atoms with E-state index in [0.29, 0.717) is 11.2 Å². The topological polar surface area (TPSA) is 47.3 Å². The van der Waals surface area contributed by atoms with Gasteiger partial charge in [0.25, 0.3) is 0 Å². The molecule has 0 radical (unpaired) electrons. The molecule has 18 heavy (non-hydrogen) atoms. The summed E-state index contributed by atoms with van der Waals surface area (Å²) in [4.78, 5) is 11.3. The molecule has 0 aliphatic heterocycles. The maximum Gasteiger partial charge on any atom is 0.168 e. The molecule has 3 rings (SSSR count). The summed E-state index contributed by atoms with van der Waals surface area (Å²) in [5.74, 6) is 0.808. The summed E-state index contributed by atoms with van der Waals surface area (Å²) in [6.07, 6.45) is 1.83. The van der Waals surface area contributed by atoms with Gasteiger partial charge in [0.05, 0.1) is 0 Å². The first-order valence-electron chi connectivity index (χ1n) is 5.67. The zero-order valence-electron chi connectivity index (χ0n) is 9.87. The molecule has 2 aromatic heterocycles. The number of pyridine rings is 1. The Bertz CT molecular complexity index is 716. The van der Waals surface area contributed by atoms with Crippen molar-refractivity contribution in [1.29, 1.82) is 0 Å². The van der Waals surface area contributed by atoms with Crippen molar-refractivity contribution >= 4 is 11.4 Å². The van der Waals surface area contributed by atoms with E-state index in [-0.39, 0.29) is 5.78 Å². The molecule has 0 spiro atoms. The number of aromatic nitrogens is 3. The van der Waals surface area contributed by atoms with Gasteiger partial charge in [0.15, 0.2) is 17.3 Å². The van der Waals surface area contributed by atoms with Crippen LogP contribution in [0.1, 0.15) is 17.3 Å². The second kappa shape index (κ2) is 4.07. The number of carbonyl (C=O) groups excluding carboxylic acids is 1. The monoisotopic (exact) mass is 237 g/mol. The van der Waals surface area contributed by atoms with Crippen molar-refractivity contribution in [3.05, 3.63) is 54.2 Å². The predicted octanol–water partition coefficient (Wildman–Crippen LogP) is 2.60. The molecule has 88 valence electrons. The van der Waals surface area contributed by atoms with Gasteiger partial charge in [-0.2, -0.15) is 0 Å². The van der Waals surface area contributed by atoms with Crippen LogP contribution in [0.5, 0.6) is 0 Å². The highest BCUT2D eigenvalue weighted by molar-refractivity contribution is 5.94. The minimum absolute atomic E-state index is 0.0294. The Kier molecular flexibility index (Phi) is 2.41. The molecule has 0 atom stereocenters. The van der Waals surface area contributed by atoms with Gasteiger partial charge in [0, 0.05) is 17.3 Å². The molecule has 0 amide bonds. The van der Waals surface area contributed by atoms with Crippen molar-refractivity contribution in [3.8, 4) is 11.4 Å². The van der Waals surface area contributed by atoms with E-state index < -0.39 is 0 Å². The highest BCUT2D eigenvalue weighted by Crippen LogP contribution is 2.18. The summed E-state index contributed by atoms with van der Waals surface area (Å²) < 4.78 is 1.88. The summed E-state index contributed by atoms with van der Waals surface area (Å²) in [7, 11) is 0. The predicted molar refractivity (Wildman–Crippen MR) is 68.4 cm³/mol. The molecule has 4 nitrogen and oxygen atoms in total. The molecule has 0 N–H and O–H groups in total. The molecular weight excluding hydrogens is 226 g/mol. The van der Waals surface area contributed by atoms with Crippen molar-refractivity contribution in [2.45, 2.75) is 6.92 Å². The van der Waals surface area contributed by atoms with Crippen molar-refractivity contribution in [3.63, 3.8) is 0 Å². The molecule has 3 aromatic rings. The van der Waals surface area contributed by atoms with E-state index >= 15 is 0 Å². The van der Waals surface area contributed by atoms with Gasteiger partial charge in [-0.1, -0.05) is 30.3 Å². The summed E-state index contributed by atoms with van der Waals surface area (Å²) in [5.41, 5.74) is 2.33. The van der Waals surface area contributed by atoms with Crippen LogP contribution in [0, 0.1) is 0 Å². The van der Waals surface area contributed by atoms with Crippen molar-refractivity contribution < 1.29 is 4.79 Å². The second-order valence-corrected chi connectivity index (χ2v) is 4.09. The van der Waals surface area contributed by atoms with Crippen LogP contribution >= 0.6 is 0 Å². The number of carbonyl (C=O) groups is 1. The number of fused-ring (bicyclic) bond motifs is 1. The number of rotatable bonds is 2. The molecule has 0 aliphatic carbocycles. The van der Waals surface area contributed by atoms with E-state index in [0.717, 1.165) is 11.4 Å². The lowest BCUT2D eigenvalue weighted by molar-refractivity contribution is 0.101. The lowest BCUT2D eigenvalue weighted by atomic mass is 10.2. The maximum absolute atomic E-state index is 11.3. The van der Waals surface area contributed by atoms with Gasteiger partial charge in [0.2, 0.25) is 0 Å². The molecule has 1 aromatic carbocycles. The van der Waals surface area contributed by atoms with Crippen LogP contribution < -0.4 is 0 Å².